The van der Waals surface area contributed by atoms with E-state index < -0.39 is 0 Å². The first-order chi connectivity index (χ1) is 18.0. The summed E-state index contributed by atoms with van der Waals surface area (Å²) in [6.07, 6.45) is 5.05. The highest BCUT2D eigenvalue weighted by atomic mass is 16.5. The minimum Gasteiger partial charge on any atom is -0.394 e. The number of rotatable bonds is 5. The lowest BCUT2D eigenvalue weighted by Gasteiger charge is -2.41. The lowest BCUT2D eigenvalue weighted by atomic mass is 9.85. The molecule has 1 aromatic carbocycles. The van der Waals surface area contributed by atoms with Crippen LogP contribution in [0.1, 0.15) is 49.1 Å². The lowest BCUT2D eigenvalue weighted by molar-refractivity contribution is -0.0712. The third kappa shape index (κ3) is 4.97. The van der Waals surface area contributed by atoms with Crippen molar-refractivity contribution in [1.82, 2.24) is 24.6 Å². The average molecular weight is 507 g/mol. The largest absolute Gasteiger partial charge is 0.394 e. The molecule has 3 aliphatic rings. The fourth-order valence-electron chi connectivity index (χ4n) is 6.07. The molecule has 0 radical (unpaired) electrons. The summed E-state index contributed by atoms with van der Waals surface area (Å²) in [6, 6.07) is 7.25. The second-order valence-electron chi connectivity index (χ2n) is 10.9. The minimum atomic E-state index is -0.226. The van der Waals surface area contributed by atoms with E-state index in [1.807, 2.05) is 23.9 Å². The highest BCUT2D eigenvalue weighted by molar-refractivity contribution is 5.82. The Morgan fingerprint density at radius 3 is 2.51 bits per heavy atom. The molecule has 0 amide bonds. The molecule has 1 N–H and O–H groups in total. The number of benzene rings is 1. The Labute approximate surface area is 218 Å². The Kier molecular flexibility index (Phi) is 6.88. The van der Waals surface area contributed by atoms with Crippen molar-refractivity contribution in [3.05, 3.63) is 41.3 Å². The predicted molar refractivity (Wildman–Crippen MR) is 143 cm³/mol. The zero-order chi connectivity index (χ0) is 25.5. The van der Waals surface area contributed by atoms with Crippen molar-refractivity contribution in [3.63, 3.8) is 0 Å². The van der Waals surface area contributed by atoms with Gasteiger partial charge in [-0.2, -0.15) is 5.10 Å². The number of aliphatic hydroxyl groups excluding tert-OH is 1. The molecule has 3 fully saturated rings. The van der Waals surface area contributed by atoms with Crippen LogP contribution in [0.5, 0.6) is 0 Å². The van der Waals surface area contributed by atoms with E-state index in [-0.39, 0.29) is 18.8 Å². The quantitative estimate of drug-likeness (QED) is 0.565. The van der Waals surface area contributed by atoms with E-state index in [2.05, 4.69) is 35.8 Å². The summed E-state index contributed by atoms with van der Waals surface area (Å²) in [4.78, 5) is 14.3. The molecule has 3 aliphatic heterocycles. The van der Waals surface area contributed by atoms with E-state index in [1.165, 1.54) is 24.0 Å². The van der Waals surface area contributed by atoms with Gasteiger partial charge in [-0.05, 0) is 82.3 Å². The number of aliphatic hydroxyl groups is 1. The number of aryl methyl sites for hydroxylation is 2. The van der Waals surface area contributed by atoms with Crippen molar-refractivity contribution in [2.45, 2.75) is 64.2 Å². The van der Waals surface area contributed by atoms with Gasteiger partial charge >= 0.3 is 0 Å². The number of aromatic nitrogens is 4. The van der Waals surface area contributed by atoms with Gasteiger partial charge < -0.3 is 19.5 Å². The van der Waals surface area contributed by atoms with Gasteiger partial charge in [0, 0.05) is 24.5 Å². The van der Waals surface area contributed by atoms with Gasteiger partial charge in [0.1, 0.15) is 11.6 Å². The monoisotopic (exact) mass is 506 g/mol. The molecule has 5 heterocycles. The van der Waals surface area contributed by atoms with Crippen LogP contribution in [0.25, 0.3) is 16.7 Å². The summed E-state index contributed by atoms with van der Waals surface area (Å²) >= 11 is 0. The SMILES string of the molecule is Cc1nc(N2CCC(C)OC(CO)C2)cc(-n2ncc3cc(C)c(C4CCN(C5COC5)CC4)cc32)n1. The average Bonchev–Trinajstić information content (AvgIpc) is 3.16. The minimum absolute atomic E-state index is 0.00293. The van der Waals surface area contributed by atoms with Gasteiger partial charge in [-0.15, -0.1) is 0 Å². The molecule has 9 heteroatoms. The fraction of sp³-hybridized carbons (Fsp3) is 0.607. The number of piperidine rings is 1. The van der Waals surface area contributed by atoms with E-state index in [0.717, 1.165) is 61.8 Å². The van der Waals surface area contributed by atoms with Crippen LogP contribution in [-0.2, 0) is 9.47 Å². The molecule has 0 aliphatic carbocycles. The molecule has 3 saturated heterocycles. The van der Waals surface area contributed by atoms with Crippen molar-refractivity contribution in [3.8, 4) is 5.82 Å². The summed E-state index contributed by atoms with van der Waals surface area (Å²) in [6.45, 7) is 11.7. The maximum Gasteiger partial charge on any atom is 0.159 e. The van der Waals surface area contributed by atoms with Crippen LogP contribution < -0.4 is 4.90 Å². The van der Waals surface area contributed by atoms with Crippen molar-refractivity contribution in [2.75, 3.05) is 50.9 Å². The molecule has 2 atom stereocenters. The Bertz CT molecular complexity index is 1250. The second-order valence-corrected chi connectivity index (χ2v) is 10.9. The molecule has 37 heavy (non-hydrogen) atoms. The first-order valence-electron chi connectivity index (χ1n) is 13.7. The zero-order valence-corrected chi connectivity index (χ0v) is 22.1. The molecule has 0 saturated carbocycles. The number of likely N-dealkylation sites (tertiary alicyclic amines) is 1. The standard InChI is InChI=1S/C28H38N6O3/c1-18-10-22-13-29-34(26(22)11-25(18)21-5-8-32(9-6-21)23-16-36-17-23)28-12-27(30-20(3)31-28)33-7-4-19(2)37-24(14-33)15-35/h10-13,19,21,23-24,35H,4-9,14-17H2,1-3H3. The van der Waals surface area contributed by atoms with Crippen LogP contribution in [0.4, 0.5) is 5.82 Å². The maximum atomic E-state index is 9.78. The van der Waals surface area contributed by atoms with Gasteiger partial charge in [0.15, 0.2) is 5.82 Å². The number of nitrogens with zero attached hydrogens (tertiary/aromatic N) is 6. The Morgan fingerprint density at radius 2 is 1.78 bits per heavy atom. The molecule has 2 aromatic heterocycles. The van der Waals surface area contributed by atoms with E-state index in [4.69, 9.17) is 24.5 Å². The highest BCUT2D eigenvalue weighted by Crippen LogP contribution is 2.34. The van der Waals surface area contributed by atoms with E-state index in [9.17, 15) is 5.11 Å². The maximum absolute atomic E-state index is 9.78. The van der Waals surface area contributed by atoms with Gasteiger partial charge in [-0.1, -0.05) is 0 Å². The molecule has 6 rings (SSSR count). The Hall–Kier alpha value is -2.59. The molecular weight excluding hydrogens is 468 g/mol. The molecule has 2 unspecified atom stereocenters. The second kappa shape index (κ2) is 10.3. The van der Waals surface area contributed by atoms with Crippen LogP contribution in [0.2, 0.25) is 0 Å². The normalized spacial score (nSPS) is 24.4. The zero-order valence-electron chi connectivity index (χ0n) is 22.1. The topological polar surface area (TPSA) is 88.8 Å². The van der Waals surface area contributed by atoms with Gasteiger partial charge in [0.05, 0.1) is 49.8 Å². The van der Waals surface area contributed by atoms with Gasteiger partial charge in [-0.3, -0.25) is 4.90 Å². The van der Waals surface area contributed by atoms with Crippen molar-refractivity contribution >= 4 is 16.7 Å². The van der Waals surface area contributed by atoms with Crippen LogP contribution in [0, 0.1) is 13.8 Å². The molecule has 3 aromatic rings. The van der Waals surface area contributed by atoms with Crippen LogP contribution >= 0.6 is 0 Å². The predicted octanol–water partition coefficient (Wildman–Crippen LogP) is 2.99. The number of anilines is 1. The summed E-state index contributed by atoms with van der Waals surface area (Å²) in [5, 5.41) is 15.7. The van der Waals surface area contributed by atoms with E-state index >= 15 is 0 Å². The third-order valence-corrected chi connectivity index (χ3v) is 8.27. The molecule has 0 bridgehead atoms. The summed E-state index contributed by atoms with van der Waals surface area (Å²) < 4.78 is 13.3. The van der Waals surface area contributed by atoms with E-state index in [0.29, 0.717) is 24.3 Å². The number of hydrogen-bond acceptors (Lipinski definition) is 8. The third-order valence-electron chi connectivity index (χ3n) is 8.27. The summed E-state index contributed by atoms with van der Waals surface area (Å²) in [7, 11) is 0. The summed E-state index contributed by atoms with van der Waals surface area (Å²) in [5.74, 6) is 2.88. The van der Waals surface area contributed by atoms with Gasteiger partial charge in [0.2, 0.25) is 0 Å². The van der Waals surface area contributed by atoms with Gasteiger partial charge in [0.25, 0.3) is 0 Å². The van der Waals surface area contributed by atoms with Gasteiger partial charge in [-0.25, -0.2) is 14.6 Å². The molecule has 9 nitrogen and oxygen atoms in total. The first-order valence-corrected chi connectivity index (χ1v) is 13.7. The van der Waals surface area contributed by atoms with Crippen molar-refractivity contribution < 1.29 is 14.6 Å². The van der Waals surface area contributed by atoms with E-state index in [1.54, 1.807) is 0 Å². The molecular formula is C28H38N6O3. The van der Waals surface area contributed by atoms with Crippen molar-refractivity contribution in [2.24, 2.45) is 0 Å². The van der Waals surface area contributed by atoms with Crippen LogP contribution in [0.15, 0.2) is 24.4 Å². The Morgan fingerprint density at radius 1 is 1.00 bits per heavy atom. The lowest BCUT2D eigenvalue weighted by Crippen LogP contribution is -2.51. The summed E-state index contributed by atoms with van der Waals surface area (Å²) in [5.41, 5.74) is 3.85. The van der Waals surface area contributed by atoms with Crippen LogP contribution in [0.3, 0.4) is 0 Å². The smallest absolute Gasteiger partial charge is 0.159 e. The number of hydrogen-bond donors (Lipinski definition) is 1. The Balaban J connectivity index is 1.30. The number of fused-ring (bicyclic) bond motifs is 1. The fourth-order valence-corrected chi connectivity index (χ4v) is 6.07. The highest BCUT2D eigenvalue weighted by Gasteiger charge is 2.31. The molecule has 198 valence electrons. The molecule has 0 spiro atoms. The van der Waals surface area contributed by atoms with Crippen molar-refractivity contribution in [1.29, 1.82) is 0 Å². The first kappa shape index (κ1) is 24.7. The van der Waals surface area contributed by atoms with Crippen LogP contribution in [-0.4, -0.2) is 94.0 Å². The number of ether oxygens (including phenoxy) is 2.